The second-order valence-electron chi connectivity index (χ2n) is 4.68. The van der Waals surface area contributed by atoms with E-state index < -0.39 is 6.10 Å². The van der Waals surface area contributed by atoms with Crippen LogP contribution in [0.25, 0.3) is 0 Å². The molecule has 2 unspecified atom stereocenters. The van der Waals surface area contributed by atoms with Crippen LogP contribution in [-0.2, 0) is 6.54 Å². The largest absolute Gasteiger partial charge is 0.392 e. The predicted octanol–water partition coefficient (Wildman–Crippen LogP) is 1.62. The van der Waals surface area contributed by atoms with Crippen molar-refractivity contribution in [2.45, 2.75) is 32.5 Å². The minimum Gasteiger partial charge on any atom is -0.392 e. The normalized spacial score (nSPS) is 14.4. The van der Waals surface area contributed by atoms with Gasteiger partial charge in [-0.2, -0.15) is 0 Å². The molecule has 1 aromatic heterocycles. The zero-order valence-corrected chi connectivity index (χ0v) is 10.7. The summed E-state index contributed by atoms with van der Waals surface area (Å²) in [6.07, 6.45) is 3.14. The van der Waals surface area contributed by atoms with Crippen molar-refractivity contribution in [1.29, 1.82) is 0 Å². The van der Waals surface area contributed by atoms with Crippen LogP contribution in [0.3, 0.4) is 0 Å². The second kappa shape index (κ2) is 5.33. The van der Waals surface area contributed by atoms with Crippen molar-refractivity contribution in [3.63, 3.8) is 0 Å². The number of nitrogens with zero attached hydrogens (tertiary/aromatic N) is 2. The lowest BCUT2D eigenvalue weighted by atomic mass is 10.1. The number of nitrogens with two attached hydrogens (primary N) is 1. The van der Waals surface area contributed by atoms with Gasteiger partial charge in [-0.1, -0.05) is 29.8 Å². The van der Waals surface area contributed by atoms with Gasteiger partial charge < -0.3 is 15.4 Å². The maximum Gasteiger partial charge on any atom is 0.130 e. The van der Waals surface area contributed by atoms with E-state index in [2.05, 4.69) is 4.98 Å². The molecule has 96 valence electrons. The SMILES string of the molecule is Cc1ccc(C(N)c2nccn2CC(C)O)cc1. The summed E-state index contributed by atoms with van der Waals surface area (Å²) in [5.74, 6) is 0.778. The summed E-state index contributed by atoms with van der Waals surface area (Å²) >= 11 is 0. The fourth-order valence-corrected chi connectivity index (χ4v) is 1.96. The zero-order chi connectivity index (χ0) is 13.1. The van der Waals surface area contributed by atoms with Gasteiger partial charge in [-0.15, -0.1) is 0 Å². The van der Waals surface area contributed by atoms with Crippen molar-refractivity contribution >= 4 is 0 Å². The Morgan fingerprint density at radius 3 is 2.61 bits per heavy atom. The molecule has 0 fully saturated rings. The maximum absolute atomic E-state index is 9.45. The van der Waals surface area contributed by atoms with Gasteiger partial charge in [0.15, 0.2) is 0 Å². The molecule has 3 N–H and O–H groups in total. The van der Waals surface area contributed by atoms with Crippen LogP contribution in [0.5, 0.6) is 0 Å². The molecule has 0 spiro atoms. The van der Waals surface area contributed by atoms with Gasteiger partial charge in [0.1, 0.15) is 5.82 Å². The van der Waals surface area contributed by atoms with E-state index in [1.807, 2.05) is 42.0 Å². The monoisotopic (exact) mass is 245 g/mol. The molecule has 0 amide bonds. The Labute approximate surface area is 107 Å². The third kappa shape index (κ3) is 2.78. The molecular formula is C14H19N3O. The number of imidazole rings is 1. The number of aliphatic hydroxyl groups is 1. The molecule has 0 bridgehead atoms. The van der Waals surface area contributed by atoms with Crippen LogP contribution >= 0.6 is 0 Å². The lowest BCUT2D eigenvalue weighted by molar-refractivity contribution is 0.172. The van der Waals surface area contributed by atoms with Gasteiger partial charge in [0.05, 0.1) is 12.1 Å². The molecule has 4 nitrogen and oxygen atoms in total. The molecule has 1 heterocycles. The number of rotatable bonds is 4. The Morgan fingerprint density at radius 2 is 2.00 bits per heavy atom. The van der Waals surface area contributed by atoms with Crippen LogP contribution in [0.15, 0.2) is 36.7 Å². The van der Waals surface area contributed by atoms with Gasteiger partial charge in [-0.3, -0.25) is 0 Å². The fraction of sp³-hybridized carbons (Fsp3) is 0.357. The number of benzene rings is 1. The predicted molar refractivity (Wildman–Crippen MR) is 71.1 cm³/mol. The number of aromatic nitrogens is 2. The summed E-state index contributed by atoms with van der Waals surface area (Å²) in [7, 11) is 0. The van der Waals surface area contributed by atoms with E-state index in [1.54, 1.807) is 13.1 Å². The van der Waals surface area contributed by atoms with Crippen molar-refractivity contribution in [3.8, 4) is 0 Å². The Kier molecular flexibility index (Phi) is 3.79. The first-order valence-electron chi connectivity index (χ1n) is 6.09. The number of hydrogen-bond donors (Lipinski definition) is 2. The van der Waals surface area contributed by atoms with E-state index in [4.69, 9.17) is 5.73 Å². The topological polar surface area (TPSA) is 64.1 Å². The van der Waals surface area contributed by atoms with Crippen LogP contribution in [0, 0.1) is 6.92 Å². The van der Waals surface area contributed by atoms with Gasteiger partial charge >= 0.3 is 0 Å². The van der Waals surface area contributed by atoms with Gasteiger partial charge in [-0.05, 0) is 19.4 Å². The third-order valence-corrected chi connectivity index (χ3v) is 2.92. The average molecular weight is 245 g/mol. The molecule has 0 radical (unpaired) electrons. The Hall–Kier alpha value is -1.65. The van der Waals surface area contributed by atoms with Crippen LogP contribution < -0.4 is 5.73 Å². The van der Waals surface area contributed by atoms with E-state index in [9.17, 15) is 5.11 Å². The average Bonchev–Trinajstić information content (AvgIpc) is 2.76. The molecular weight excluding hydrogens is 226 g/mol. The second-order valence-corrected chi connectivity index (χ2v) is 4.68. The summed E-state index contributed by atoms with van der Waals surface area (Å²) in [6, 6.07) is 7.84. The standard InChI is InChI=1S/C14H19N3O/c1-10-3-5-12(6-4-10)13(15)14-16-7-8-17(14)9-11(2)18/h3-8,11,13,18H,9,15H2,1-2H3. The minimum absolute atomic E-state index is 0.264. The minimum atomic E-state index is -0.414. The van der Waals surface area contributed by atoms with E-state index in [-0.39, 0.29) is 6.04 Å². The van der Waals surface area contributed by atoms with Crippen LogP contribution in [0.2, 0.25) is 0 Å². The van der Waals surface area contributed by atoms with Crippen molar-refractivity contribution in [2.75, 3.05) is 0 Å². The van der Waals surface area contributed by atoms with Gasteiger partial charge in [0.2, 0.25) is 0 Å². The van der Waals surface area contributed by atoms with Crippen molar-refractivity contribution < 1.29 is 5.11 Å². The number of aliphatic hydroxyl groups excluding tert-OH is 1. The summed E-state index contributed by atoms with van der Waals surface area (Å²) in [4.78, 5) is 4.29. The summed E-state index contributed by atoms with van der Waals surface area (Å²) in [6.45, 7) is 4.31. The molecule has 2 rings (SSSR count). The number of hydrogen-bond acceptors (Lipinski definition) is 3. The fourth-order valence-electron chi connectivity index (χ4n) is 1.96. The first kappa shape index (κ1) is 12.8. The van der Waals surface area contributed by atoms with Gasteiger partial charge in [0.25, 0.3) is 0 Å². The van der Waals surface area contributed by atoms with Crippen molar-refractivity contribution in [2.24, 2.45) is 5.73 Å². The van der Waals surface area contributed by atoms with Crippen LogP contribution in [-0.4, -0.2) is 20.8 Å². The highest BCUT2D eigenvalue weighted by Crippen LogP contribution is 2.18. The smallest absolute Gasteiger partial charge is 0.130 e. The van der Waals surface area contributed by atoms with Crippen LogP contribution in [0.1, 0.15) is 29.9 Å². The highest BCUT2D eigenvalue weighted by molar-refractivity contribution is 5.28. The summed E-state index contributed by atoms with van der Waals surface area (Å²) < 4.78 is 1.90. The van der Waals surface area contributed by atoms with E-state index >= 15 is 0 Å². The van der Waals surface area contributed by atoms with Crippen molar-refractivity contribution in [3.05, 3.63) is 53.6 Å². The molecule has 0 aliphatic carbocycles. The Balaban J connectivity index is 2.25. The summed E-state index contributed by atoms with van der Waals surface area (Å²) in [5, 5.41) is 9.45. The lowest BCUT2D eigenvalue weighted by Crippen LogP contribution is -2.21. The molecule has 2 aromatic rings. The zero-order valence-electron chi connectivity index (χ0n) is 10.7. The first-order valence-corrected chi connectivity index (χ1v) is 6.09. The van der Waals surface area contributed by atoms with Crippen LogP contribution in [0.4, 0.5) is 0 Å². The molecule has 0 aliphatic rings. The molecule has 18 heavy (non-hydrogen) atoms. The molecule has 4 heteroatoms. The van der Waals surface area contributed by atoms with E-state index in [1.165, 1.54) is 5.56 Å². The van der Waals surface area contributed by atoms with Gasteiger partial charge in [0, 0.05) is 18.9 Å². The van der Waals surface area contributed by atoms with E-state index in [0.717, 1.165) is 11.4 Å². The molecule has 0 saturated carbocycles. The molecule has 0 aliphatic heterocycles. The Bertz CT molecular complexity index is 502. The third-order valence-electron chi connectivity index (χ3n) is 2.92. The Morgan fingerprint density at radius 1 is 1.33 bits per heavy atom. The van der Waals surface area contributed by atoms with E-state index in [0.29, 0.717) is 6.54 Å². The van der Waals surface area contributed by atoms with Crippen molar-refractivity contribution in [1.82, 2.24) is 9.55 Å². The lowest BCUT2D eigenvalue weighted by Gasteiger charge is -2.15. The van der Waals surface area contributed by atoms with Gasteiger partial charge in [-0.25, -0.2) is 4.98 Å². The maximum atomic E-state index is 9.45. The quantitative estimate of drug-likeness (QED) is 0.860. The summed E-state index contributed by atoms with van der Waals surface area (Å²) in [5.41, 5.74) is 8.46. The first-order chi connectivity index (χ1) is 8.58. The molecule has 0 saturated heterocycles. The highest BCUT2D eigenvalue weighted by Gasteiger charge is 2.15. The highest BCUT2D eigenvalue weighted by atomic mass is 16.3. The molecule has 1 aromatic carbocycles. The molecule has 2 atom stereocenters. The number of aryl methyl sites for hydroxylation is 1.